The van der Waals surface area contributed by atoms with Gasteiger partial charge in [0.25, 0.3) is 0 Å². The van der Waals surface area contributed by atoms with Crippen LogP contribution in [0.1, 0.15) is 37.2 Å². The van der Waals surface area contributed by atoms with Crippen LogP contribution in [0, 0.1) is 13.8 Å². The van der Waals surface area contributed by atoms with E-state index < -0.39 is 0 Å². The second-order valence-corrected chi connectivity index (χ2v) is 5.45. The minimum atomic E-state index is 0.303. The summed E-state index contributed by atoms with van der Waals surface area (Å²) >= 11 is 6.16. The van der Waals surface area contributed by atoms with Gasteiger partial charge in [-0.15, -0.1) is 0 Å². The normalized spacial score (nSPS) is 21.4. The molecular formula is C13H22ClN3O. The highest BCUT2D eigenvalue weighted by atomic mass is 35.5. The van der Waals surface area contributed by atoms with Crippen molar-refractivity contribution in [3.05, 3.63) is 16.4 Å². The van der Waals surface area contributed by atoms with E-state index in [1.807, 2.05) is 18.5 Å². The zero-order chi connectivity index (χ0) is 13.1. The number of hydrogen-bond donors (Lipinski definition) is 1. The molecular weight excluding hydrogens is 250 g/mol. The van der Waals surface area contributed by atoms with Gasteiger partial charge in [0.15, 0.2) is 0 Å². The van der Waals surface area contributed by atoms with Gasteiger partial charge >= 0.3 is 0 Å². The summed E-state index contributed by atoms with van der Waals surface area (Å²) in [6.07, 6.45) is 2.75. The van der Waals surface area contributed by atoms with Crippen LogP contribution in [0.5, 0.6) is 0 Å². The molecule has 1 aliphatic rings. The van der Waals surface area contributed by atoms with Crippen LogP contribution < -0.4 is 5.32 Å². The zero-order valence-electron chi connectivity index (χ0n) is 11.4. The Bertz CT molecular complexity index is 399. The third kappa shape index (κ3) is 3.05. The van der Waals surface area contributed by atoms with E-state index in [2.05, 4.69) is 17.3 Å². The second kappa shape index (κ2) is 6.04. The molecule has 0 saturated carbocycles. The van der Waals surface area contributed by atoms with Crippen molar-refractivity contribution in [3.8, 4) is 0 Å². The largest absolute Gasteiger partial charge is 0.377 e. The Morgan fingerprint density at radius 1 is 1.56 bits per heavy atom. The van der Waals surface area contributed by atoms with E-state index in [9.17, 15) is 0 Å². The van der Waals surface area contributed by atoms with E-state index in [1.54, 1.807) is 0 Å². The van der Waals surface area contributed by atoms with Crippen molar-refractivity contribution in [2.45, 2.75) is 45.8 Å². The van der Waals surface area contributed by atoms with E-state index in [1.165, 1.54) is 12.8 Å². The standard InChI is InChI=1S/C13H22ClN3O/c1-9(7-15-8-12-5-4-6-18-12)17-11(3)13(14)10(2)16-17/h9,12,15H,4-8H2,1-3H3. The summed E-state index contributed by atoms with van der Waals surface area (Å²) < 4.78 is 7.58. The maximum Gasteiger partial charge on any atom is 0.0844 e. The lowest BCUT2D eigenvalue weighted by molar-refractivity contribution is 0.109. The van der Waals surface area contributed by atoms with Crippen LogP contribution in [0.25, 0.3) is 0 Å². The van der Waals surface area contributed by atoms with Crippen molar-refractivity contribution in [3.63, 3.8) is 0 Å². The van der Waals surface area contributed by atoms with Gasteiger partial charge in [0.1, 0.15) is 0 Å². The quantitative estimate of drug-likeness (QED) is 0.894. The Labute approximate surface area is 114 Å². The van der Waals surface area contributed by atoms with Crippen LogP contribution in [0.3, 0.4) is 0 Å². The minimum absolute atomic E-state index is 0.303. The summed E-state index contributed by atoms with van der Waals surface area (Å²) in [4.78, 5) is 0. The molecule has 0 amide bonds. The summed E-state index contributed by atoms with van der Waals surface area (Å²) in [6.45, 7) is 8.83. The van der Waals surface area contributed by atoms with Crippen LogP contribution in [0.4, 0.5) is 0 Å². The number of hydrogen-bond acceptors (Lipinski definition) is 3. The molecule has 0 aliphatic carbocycles. The monoisotopic (exact) mass is 271 g/mol. The first-order chi connectivity index (χ1) is 8.59. The topological polar surface area (TPSA) is 39.1 Å². The van der Waals surface area contributed by atoms with Crippen molar-refractivity contribution < 1.29 is 4.74 Å². The molecule has 1 aromatic rings. The highest BCUT2D eigenvalue weighted by Crippen LogP contribution is 2.21. The smallest absolute Gasteiger partial charge is 0.0844 e. The number of halogens is 1. The average Bonchev–Trinajstić information content (AvgIpc) is 2.94. The Balaban J connectivity index is 1.83. The number of ether oxygens (including phenoxy) is 1. The number of rotatable bonds is 5. The molecule has 2 atom stereocenters. The third-order valence-corrected chi connectivity index (χ3v) is 4.04. The lowest BCUT2D eigenvalue weighted by atomic mass is 10.2. The number of aryl methyl sites for hydroxylation is 1. The second-order valence-electron chi connectivity index (χ2n) is 5.07. The van der Waals surface area contributed by atoms with Crippen LogP contribution in [-0.4, -0.2) is 35.6 Å². The molecule has 1 aromatic heterocycles. The maximum absolute atomic E-state index is 6.16. The molecule has 0 radical (unpaired) electrons. The van der Waals surface area contributed by atoms with E-state index in [0.29, 0.717) is 12.1 Å². The van der Waals surface area contributed by atoms with Gasteiger partial charge in [0, 0.05) is 19.7 Å². The van der Waals surface area contributed by atoms with Crippen molar-refractivity contribution in [2.24, 2.45) is 0 Å². The van der Waals surface area contributed by atoms with Crippen molar-refractivity contribution in [1.29, 1.82) is 0 Å². The molecule has 4 nitrogen and oxygen atoms in total. The minimum Gasteiger partial charge on any atom is -0.377 e. The van der Waals surface area contributed by atoms with Crippen LogP contribution in [-0.2, 0) is 4.74 Å². The summed E-state index contributed by atoms with van der Waals surface area (Å²) in [7, 11) is 0. The molecule has 1 aliphatic heterocycles. The van der Waals surface area contributed by atoms with Gasteiger partial charge in [0.2, 0.25) is 0 Å². The molecule has 1 saturated heterocycles. The first-order valence-corrected chi connectivity index (χ1v) is 7.01. The van der Waals surface area contributed by atoms with E-state index in [4.69, 9.17) is 16.3 Å². The number of nitrogens with one attached hydrogen (secondary N) is 1. The molecule has 5 heteroatoms. The third-order valence-electron chi connectivity index (χ3n) is 3.49. The molecule has 102 valence electrons. The lowest BCUT2D eigenvalue weighted by Gasteiger charge is -2.17. The maximum atomic E-state index is 6.16. The van der Waals surface area contributed by atoms with Crippen LogP contribution in [0.2, 0.25) is 5.02 Å². The van der Waals surface area contributed by atoms with Crippen molar-refractivity contribution in [1.82, 2.24) is 15.1 Å². The van der Waals surface area contributed by atoms with Crippen molar-refractivity contribution >= 4 is 11.6 Å². The summed E-state index contributed by atoms with van der Waals surface area (Å²) in [5, 5.41) is 8.70. The zero-order valence-corrected chi connectivity index (χ0v) is 12.1. The van der Waals surface area contributed by atoms with E-state index >= 15 is 0 Å². The highest BCUT2D eigenvalue weighted by Gasteiger charge is 2.17. The van der Waals surface area contributed by atoms with Gasteiger partial charge in [0.05, 0.1) is 28.6 Å². The Kier molecular flexibility index (Phi) is 4.65. The summed E-state index contributed by atoms with van der Waals surface area (Å²) in [5.41, 5.74) is 1.95. The average molecular weight is 272 g/mol. The Morgan fingerprint density at radius 3 is 2.89 bits per heavy atom. The molecule has 2 rings (SSSR count). The summed E-state index contributed by atoms with van der Waals surface area (Å²) in [5.74, 6) is 0. The molecule has 0 bridgehead atoms. The summed E-state index contributed by atoms with van der Waals surface area (Å²) in [6, 6.07) is 0.303. The Hall–Kier alpha value is -0.580. The van der Waals surface area contributed by atoms with Crippen molar-refractivity contribution in [2.75, 3.05) is 19.7 Å². The molecule has 1 fully saturated rings. The van der Waals surface area contributed by atoms with Gasteiger partial charge in [-0.2, -0.15) is 5.10 Å². The van der Waals surface area contributed by atoms with Gasteiger partial charge in [-0.05, 0) is 33.6 Å². The molecule has 0 spiro atoms. The van der Waals surface area contributed by atoms with E-state index in [0.717, 1.165) is 36.1 Å². The van der Waals surface area contributed by atoms with Gasteiger partial charge in [-0.1, -0.05) is 11.6 Å². The highest BCUT2D eigenvalue weighted by molar-refractivity contribution is 6.31. The number of nitrogens with zero attached hydrogens (tertiary/aromatic N) is 2. The van der Waals surface area contributed by atoms with Gasteiger partial charge in [-0.25, -0.2) is 0 Å². The van der Waals surface area contributed by atoms with Gasteiger partial charge < -0.3 is 10.1 Å². The van der Waals surface area contributed by atoms with Gasteiger partial charge in [-0.3, -0.25) is 4.68 Å². The fourth-order valence-electron chi connectivity index (χ4n) is 2.42. The SMILES string of the molecule is Cc1nn(C(C)CNCC2CCCO2)c(C)c1Cl. The lowest BCUT2D eigenvalue weighted by Crippen LogP contribution is -2.31. The predicted molar refractivity (Wildman–Crippen MR) is 73.3 cm³/mol. The molecule has 2 unspecified atom stereocenters. The molecule has 18 heavy (non-hydrogen) atoms. The molecule has 2 heterocycles. The fourth-order valence-corrected chi connectivity index (χ4v) is 2.54. The molecule has 1 N–H and O–H groups in total. The van der Waals surface area contributed by atoms with Crippen LogP contribution in [0.15, 0.2) is 0 Å². The molecule has 0 aromatic carbocycles. The fraction of sp³-hybridized carbons (Fsp3) is 0.769. The predicted octanol–water partition coefficient (Wildman–Crippen LogP) is 2.48. The number of aromatic nitrogens is 2. The first-order valence-electron chi connectivity index (χ1n) is 6.63. The van der Waals surface area contributed by atoms with E-state index in [-0.39, 0.29) is 0 Å². The first kappa shape index (κ1) is 13.8. The Morgan fingerprint density at radius 2 is 2.33 bits per heavy atom. The van der Waals surface area contributed by atoms with Crippen LogP contribution >= 0.6 is 11.6 Å².